The molecule has 0 radical (unpaired) electrons. The van der Waals surface area contributed by atoms with Crippen LogP contribution in [0.2, 0.25) is 20.1 Å². The first-order valence-corrected chi connectivity index (χ1v) is 22.5. The van der Waals surface area contributed by atoms with Gasteiger partial charge in [0.05, 0.1) is 12.0 Å². The molecule has 13 nitrogen and oxygen atoms in total. The van der Waals surface area contributed by atoms with Crippen LogP contribution in [0.4, 0.5) is 5.69 Å². The highest BCUT2D eigenvalue weighted by Crippen LogP contribution is 2.38. The molecule has 0 spiro atoms. The average Bonchev–Trinajstić information content (AvgIpc) is 3.63. The minimum absolute atomic E-state index is 0.0300. The zero-order valence-electron chi connectivity index (χ0n) is 34.7. The number of nitro benzene ring substituents is 1. The Hall–Kier alpha value is -4.63. The molecule has 4 aromatic carbocycles. The van der Waals surface area contributed by atoms with Gasteiger partial charge in [-0.25, -0.2) is 4.79 Å². The van der Waals surface area contributed by atoms with Crippen molar-refractivity contribution in [1.29, 1.82) is 0 Å². The summed E-state index contributed by atoms with van der Waals surface area (Å²) >= 11 is 23.8. The second-order valence-electron chi connectivity index (χ2n) is 16.4. The second-order valence-corrected chi connectivity index (χ2v) is 18.2. The van der Waals surface area contributed by atoms with E-state index in [0.717, 1.165) is 74.5 Å². The molecule has 6 atom stereocenters. The van der Waals surface area contributed by atoms with Crippen molar-refractivity contribution in [3.8, 4) is 11.5 Å². The number of esters is 1. The Morgan fingerprint density at radius 1 is 0.619 bits per heavy atom. The molecule has 4 bridgehead atoms. The summed E-state index contributed by atoms with van der Waals surface area (Å²) in [5.41, 5.74) is 2.43. The molecule has 2 amide bonds. The van der Waals surface area contributed by atoms with E-state index in [4.69, 9.17) is 60.6 Å². The maximum atomic E-state index is 12.5. The van der Waals surface area contributed by atoms with Gasteiger partial charge in [0.1, 0.15) is 11.3 Å². The van der Waals surface area contributed by atoms with Crippen molar-refractivity contribution in [2.75, 3.05) is 20.3 Å². The van der Waals surface area contributed by atoms with Gasteiger partial charge in [0.15, 0.2) is 19.0 Å². The number of rotatable bonds is 14. The monoisotopic (exact) mass is 939 g/mol. The summed E-state index contributed by atoms with van der Waals surface area (Å²) < 4.78 is 15.8. The van der Waals surface area contributed by atoms with Gasteiger partial charge < -0.3 is 24.8 Å². The molecule has 8 rings (SSSR count). The normalized spacial score (nSPS) is 22.6. The summed E-state index contributed by atoms with van der Waals surface area (Å²) in [6.45, 7) is 1.34. The molecule has 0 saturated carbocycles. The minimum Gasteiger partial charge on any atom is -0.483 e. The minimum atomic E-state index is -0.576. The van der Waals surface area contributed by atoms with Gasteiger partial charge in [-0.15, -0.1) is 0 Å². The number of ether oxygens (including phenoxy) is 3. The number of carbonyl (C=O) groups excluding carboxylic acids is 3. The maximum absolute atomic E-state index is 12.5. The molecule has 4 saturated heterocycles. The number of nitrogens with one attached hydrogen (secondary N) is 2. The molecule has 0 aromatic heterocycles. The highest BCUT2D eigenvalue weighted by atomic mass is 35.5. The molecular formula is C46H49Cl4N5O8. The van der Waals surface area contributed by atoms with Gasteiger partial charge in [-0.3, -0.25) is 29.5 Å². The Bertz CT molecular complexity index is 2240. The predicted octanol–water partition coefficient (Wildman–Crippen LogP) is 9.06. The lowest BCUT2D eigenvalue weighted by Gasteiger charge is -2.39. The van der Waals surface area contributed by atoms with Crippen LogP contribution in [0.1, 0.15) is 72.9 Å². The van der Waals surface area contributed by atoms with Crippen LogP contribution in [0.25, 0.3) is 0 Å². The van der Waals surface area contributed by atoms with Gasteiger partial charge in [0.2, 0.25) is 0 Å². The number of hydrogen-bond acceptors (Lipinski definition) is 10. The predicted molar refractivity (Wildman–Crippen MR) is 242 cm³/mol. The van der Waals surface area contributed by atoms with Crippen LogP contribution in [-0.2, 0) is 27.4 Å². The molecule has 4 aliphatic rings. The molecule has 334 valence electrons. The Morgan fingerprint density at radius 2 is 1.02 bits per heavy atom. The largest absolute Gasteiger partial charge is 0.483 e. The van der Waals surface area contributed by atoms with Crippen molar-refractivity contribution >= 4 is 69.9 Å². The molecular weight excluding hydrogens is 892 g/mol. The van der Waals surface area contributed by atoms with E-state index in [0.29, 0.717) is 29.2 Å². The van der Waals surface area contributed by atoms with Crippen LogP contribution < -0.4 is 20.1 Å². The summed E-state index contributed by atoms with van der Waals surface area (Å²) in [5, 5.41) is 19.4. The number of piperidine rings is 2. The fourth-order valence-corrected chi connectivity index (χ4v) is 9.97. The second kappa shape index (κ2) is 21.4. The van der Waals surface area contributed by atoms with Gasteiger partial charge in [0.25, 0.3) is 11.8 Å². The number of fused-ring (bicyclic) bond motifs is 4. The third kappa shape index (κ3) is 12.3. The Balaban J connectivity index is 0.000000189. The molecule has 4 aromatic rings. The molecule has 63 heavy (non-hydrogen) atoms. The fourth-order valence-electron chi connectivity index (χ4n) is 9.38. The molecule has 4 aliphatic heterocycles. The number of amides is 2. The van der Waals surface area contributed by atoms with E-state index < -0.39 is 10.9 Å². The highest BCUT2D eigenvalue weighted by molar-refractivity contribution is 6.31. The summed E-state index contributed by atoms with van der Waals surface area (Å²) in [6, 6.07) is 26.7. The number of benzene rings is 4. The number of hydrogen-bond donors (Lipinski definition) is 2. The fraction of sp³-hybridized carbons (Fsp3) is 0.413. The number of halogens is 4. The zero-order valence-corrected chi connectivity index (χ0v) is 37.7. The van der Waals surface area contributed by atoms with Crippen LogP contribution in [0.5, 0.6) is 11.5 Å². The van der Waals surface area contributed by atoms with Crippen LogP contribution in [0, 0.1) is 10.1 Å². The number of nitro groups is 1. The van der Waals surface area contributed by atoms with E-state index in [1.54, 1.807) is 12.1 Å². The van der Waals surface area contributed by atoms with Crippen molar-refractivity contribution < 1.29 is 33.5 Å². The Labute approximate surface area is 386 Å². The van der Waals surface area contributed by atoms with Gasteiger partial charge in [-0.2, -0.15) is 0 Å². The SMILES string of the molecule is COC(=O)c1cc(Cl)ccc1OCC(=O)N[C@H]1C[C@H]2CC[C@@H](C1)N2Cc1ccc(Cl)cc1.O=C(COc1ccc(Cl)cc1[N+](=O)[O-])N[C@H]1C[C@H]2CC[C@@H](C1)N2Cc1ccc(Cl)cc1. The van der Waals surface area contributed by atoms with Gasteiger partial charge in [0, 0.05) is 75.5 Å². The highest BCUT2D eigenvalue weighted by Gasteiger charge is 2.42. The van der Waals surface area contributed by atoms with Gasteiger partial charge >= 0.3 is 11.7 Å². The lowest BCUT2D eigenvalue weighted by Crippen LogP contribution is -2.50. The van der Waals surface area contributed by atoms with E-state index in [2.05, 4.69) is 44.7 Å². The van der Waals surface area contributed by atoms with Crippen LogP contribution in [-0.4, -0.2) is 89.1 Å². The maximum Gasteiger partial charge on any atom is 0.341 e. The van der Waals surface area contributed by atoms with E-state index in [1.807, 2.05) is 24.3 Å². The molecule has 17 heteroatoms. The quantitative estimate of drug-likeness (QED) is 0.0712. The van der Waals surface area contributed by atoms with Crippen molar-refractivity contribution in [3.05, 3.63) is 132 Å². The van der Waals surface area contributed by atoms with E-state index >= 15 is 0 Å². The van der Waals surface area contributed by atoms with Gasteiger partial charge in [-0.1, -0.05) is 70.7 Å². The summed E-state index contributed by atoms with van der Waals surface area (Å²) in [4.78, 5) is 52.5. The van der Waals surface area contributed by atoms with Crippen molar-refractivity contribution in [2.45, 2.75) is 101 Å². The molecule has 2 N–H and O–H groups in total. The lowest BCUT2D eigenvalue weighted by atomic mass is 9.96. The summed E-state index contributed by atoms with van der Waals surface area (Å²) in [7, 11) is 1.29. The van der Waals surface area contributed by atoms with E-state index in [9.17, 15) is 24.5 Å². The Morgan fingerprint density at radius 3 is 1.44 bits per heavy atom. The first kappa shape index (κ1) is 46.4. The van der Waals surface area contributed by atoms with Crippen molar-refractivity contribution in [2.24, 2.45) is 0 Å². The third-order valence-corrected chi connectivity index (χ3v) is 13.2. The van der Waals surface area contributed by atoms with Crippen molar-refractivity contribution in [1.82, 2.24) is 20.4 Å². The van der Waals surface area contributed by atoms with E-state index in [-0.39, 0.29) is 64.9 Å². The smallest absolute Gasteiger partial charge is 0.341 e. The van der Waals surface area contributed by atoms with Crippen LogP contribution in [0.15, 0.2) is 84.9 Å². The molecule has 4 fully saturated rings. The summed E-state index contributed by atoms with van der Waals surface area (Å²) in [6.07, 6.45) is 8.15. The first-order chi connectivity index (χ1) is 30.3. The summed E-state index contributed by atoms with van der Waals surface area (Å²) in [5.74, 6) is -0.740. The zero-order chi connectivity index (χ0) is 44.6. The molecule has 4 heterocycles. The standard InChI is InChI=1S/C24H26Cl2N2O4.C22H23Cl2N3O4/c1-31-24(30)21-10-17(26)6-9-22(21)32-14-23(29)27-18-11-19-7-8-20(12-18)28(19)13-15-2-4-16(25)5-3-15;23-15-3-1-14(2-4-15)12-26-18-6-7-19(26)11-17(10-18)25-22(28)13-31-21-8-5-16(24)9-20(21)27(29)30/h2-6,9-10,18-20H,7-8,11-14H2,1H3,(H,27,29);1-5,8-9,17-19H,6-7,10-13H2,(H,25,28)/t18-,19+,20-;17-,18+,19-. The van der Waals surface area contributed by atoms with E-state index in [1.165, 1.54) is 42.5 Å². The number of nitrogens with zero attached hydrogens (tertiary/aromatic N) is 3. The number of carbonyl (C=O) groups is 3. The topological polar surface area (TPSA) is 153 Å². The van der Waals surface area contributed by atoms with Crippen LogP contribution in [0.3, 0.4) is 0 Å². The third-order valence-electron chi connectivity index (χ3n) is 12.2. The Kier molecular flexibility index (Phi) is 15.7. The van der Waals surface area contributed by atoms with Crippen LogP contribution >= 0.6 is 46.4 Å². The lowest BCUT2D eigenvalue weighted by molar-refractivity contribution is -0.385. The average molecular weight is 942 g/mol. The van der Waals surface area contributed by atoms with Gasteiger partial charge in [-0.05, 0) is 117 Å². The molecule has 0 aliphatic carbocycles. The molecule has 0 unspecified atom stereocenters. The first-order valence-electron chi connectivity index (χ1n) is 21.0. The number of methoxy groups -OCH3 is 1. The van der Waals surface area contributed by atoms with Crippen molar-refractivity contribution in [3.63, 3.8) is 0 Å².